The Hall–Kier alpha value is -3.81. The fourth-order valence-electron chi connectivity index (χ4n) is 2.91. The molecule has 0 aliphatic carbocycles. The number of ether oxygens (including phenoxy) is 2. The Kier molecular flexibility index (Phi) is 7.05. The summed E-state index contributed by atoms with van der Waals surface area (Å²) >= 11 is 0. The van der Waals surface area contributed by atoms with Crippen molar-refractivity contribution in [3.05, 3.63) is 95.1 Å². The van der Waals surface area contributed by atoms with Crippen LogP contribution in [0.2, 0.25) is 0 Å². The Balaban J connectivity index is 1.90. The third-order valence-electron chi connectivity index (χ3n) is 4.43. The molecule has 0 unspecified atom stereocenters. The first-order chi connectivity index (χ1) is 14.6. The molecule has 4 nitrogen and oxygen atoms in total. The Bertz CT molecular complexity index is 1100. The highest BCUT2D eigenvalue weighted by atomic mass is 16.7. The lowest BCUT2D eigenvalue weighted by Gasteiger charge is -2.14. The molecular formula is C26H22O4. The van der Waals surface area contributed by atoms with E-state index in [4.69, 9.17) is 14.6 Å². The molecule has 0 radical (unpaired) electrons. The van der Waals surface area contributed by atoms with Crippen molar-refractivity contribution in [1.82, 2.24) is 0 Å². The molecule has 0 aliphatic heterocycles. The van der Waals surface area contributed by atoms with Crippen LogP contribution in [0.4, 0.5) is 0 Å². The van der Waals surface area contributed by atoms with E-state index in [9.17, 15) is 4.79 Å². The van der Waals surface area contributed by atoms with Gasteiger partial charge in [-0.15, -0.1) is 0 Å². The maximum Gasteiger partial charge on any atom is 0.335 e. The van der Waals surface area contributed by atoms with Crippen LogP contribution in [0.1, 0.15) is 27.0 Å². The molecule has 0 amide bonds. The van der Waals surface area contributed by atoms with Gasteiger partial charge < -0.3 is 14.6 Å². The molecule has 0 heterocycles. The summed E-state index contributed by atoms with van der Waals surface area (Å²) in [6.07, 6.45) is 3.71. The number of rotatable bonds is 6. The number of hydrogen-bond acceptors (Lipinski definition) is 3. The van der Waals surface area contributed by atoms with Gasteiger partial charge in [-0.25, -0.2) is 4.79 Å². The zero-order valence-corrected chi connectivity index (χ0v) is 16.9. The van der Waals surface area contributed by atoms with Gasteiger partial charge >= 0.3 is 5.97 Å². The molecule has 0 bridgehead atoms. The van der Waals surface area contributed by atoms with Crippen LogP contribution in [0, 0.1) is 18.8 Å². The molecule has 3 rings (SSSR count). The summed E-state index contributed by atoms with van der Waals surface area (Å²) in [6, 6.07) is 20.6. The number of hydrogen-bond donors (Lipinski definition) is 1. The van der Waals surface area contributed by atoms with Gasteiger partial charge in [-0.1, -0.05) is 53.8 Å². The second-order valence-electron chi connectivity index (χ2n) is 6.62. The van der Waals surface area contributed by atoms with Gasteiger partial charge in [0, 0.05) is 18.2 Å². The van der Waals surface area contributed by atoms with Gasteiger partial charge in [0.1, 0.15) is 5.75 Å². The van der Waals surface area contributed by atoms with Crippen molar-refractivity contribution in [3.8, 4) is 28.7 Å². The molecule has 0 aliphatic rings. The topological polar surface area (TPSA) is 55.8 Å². The summed E-state index contributed by atoms with van der Waals surface area (Å²) in [5.74, 6) is 5.81. The van der Waals surface area contributed by atoms with Crippen molar-refractivity contribution in [2.75, 3.05) is 13.9 Å². The largest absolute Gasteiger partial charge is 0.478 e. The quantitative estimate of drug-likeness (QED) is 0.446. The lowest BCUT2D eigenvalue weighted by molar-refractivity contribution is 0.0515. The zero-order chi connectivity index (χ0) is 21.3. The number of carbonyl (C=O) groups is 1. The predicted octanol–water partition coefficient (Wildman–Crippen LogP) is 5.41. The van der Waals surface area contributed by atoms with Crippen LogP contribution in [0.25, 0.3) is 17.2 Å². The maximum absolute atomic E-state index is 10.9. The number of carboxylic acids is 1. The van der Waals surface area contributed by atoms with Gasteiger partial charge in [-0.3, -0.25) is 0 Å². The molecule has 3 aromatic carbocycles. The van der Waals surface area contributed by atoms with Crippen LogP contribution >= 0.6 is 0 Å². The molecule has 0 saturated heterocycles. The van der Waals surface area contributed by atoms with Gasteiger partial charge in [0.2, 0.25) is 0 Å². The van der Waals surface area contributed by atoms with Gasteiger partial charge in [-0.2, -0.15) is 0 Å². The van der Waals surface area contributed by atoms with Crippen molar-refractivity contribution in [2.45, 2.75) is 6.92 Å². The molecule has 4 heteroatoms. The molecule has 0 fully saturated rings. The fourth-order valence-corrected chi connectivity index (χ4v) is 2.91. The first-order valence-corrected chi connectivity index (χ1v) is 9.41. The van der Waals surface area contributed by atoms with Crippen LogP contribution in [0.5, 0.6) is 5.75 Å². The van der Waals surface area contributed by atoms with E-state index in [-0.39, 0.29) is 12.4 Å². The predicted molar refractivity (Wildman–Crippen MR) is 118 cm³/mol. The highest BCUT2D eigenvalue weighted by molar-refractivity contribution is 5.87. The van der Waals surface area contributed by atoms with Crippen molar-refractivity contribution in [2.24, 2.45) is 0 Å². The average Bonchev–Trinajstić information content (AvgIpc) is 2.76. The lowest BCUT2D eigenvalue weighted by Crippen LogP contribution is -2.01. The first-order valence-electron chi connectivity index (χ1n) is 9.41. The second-order valence-corrected chi connectivity index (χ2v) is 6.62. The summed E-state index contributed by atoms with van der Waals surface area (Å²) in [6.45, 7) is 2.22. The molecule has 0 saturated carbocycles. The number of carboxylic acid groups (broad SMARTS) is 1. The van der Waals surface area contributed by atoms with E-state index in [1.807, 2.05) is 24.3 Å². The SMILES string of the molecule is COCOc1cccc(C=CC#Cc2ccc(C(=O)O)cc2)c1-c1ccc(C)cc1. The summed E-state index contributed by atoms with van der Waals surface area (Å²) < 4.78 is 10.8. The third-order valence-corrected chi connectivity index (χ3v) is 4.43. The minimum absolute atomic E-state index is 0.165. The van der Waals surface area contributed by atoms with Crippen LogP contribution in [-0.2, 0) is 4.74 Å². The Labute approximate surface area is 176 Å². The van der Waals surface area contributed by atoms with E-state index in [1.54, 1.807) is 37.5 Å². The van der Waals surface area contributed by atoms with Crippen LogP contribution in [0.3, 0.4) is 0 Å². The molecule has 1 N–H and O–H groups in total. The summed E-state index contributed by atoms with van der Waals surface area (Å²) in [7, 11) is 1.59. The number of aromatic carboxylic acids is 1. The number of benzene rings is 3. The molecule has 150 valence electrons. The number of allylic oxidation sites excluding steroid dienone is 1. The van der Waals surface area contributed by atoms with E-state index in [0.29, 0.717) is 0 Å². The Morgan fingerprint density at radius 3 is 2.43 bits per heavy atom. The summed E-state index contributed by atoms with van der Waals surface area (Å²) in [4.78, 5) is 10.9. The van der Waals surface area contributed by atoms with E-state index in [1.165, 1.54) is 5.56 Å². The molecule has 0 spiro atoms. The third kappa shape index (κ3) is 5.38. The van der Waals surface area contributed by atoms with E-state index >= 15 is 0 Å². The molecule has 0 atom stereocenters. The highest BCUT2D eigenvalue weighted by Gasteiger charge is 2.10. The van der Waals surface area contributed by atoms with Gasteiger partial charge in [0.15, 0.2) is 6.79 Å². The van der Waals surface area contributed by atoms with Crippen LogP contribution in [0.15, 0.2) is 72.8 Å². The molecule has 3 aromatic rings. The van der Waals surface area contributed by atoms with Crippen molar-refractivity contribution in [1.29, 1.82) is 0 Å². The number of aryl methyl sites for hydroxylation is 1. The minimum atomic E-state index is -0.950. The Morgan fingerprint density at radius 2 is 1.77 bits per heavy atom. The smallest absolute Gasteiger partial charge is 0.335 e. The van der Waals surface area contributed by atoms with Crippen molar-refractivity contribution in [3.63, 3.8) is 0 Å². The highest BCUT2D eigenvalue weighted by Crippen LogP contribution is 2.34. The fraction of sp³-hybridized carbons (Fsp3) is 0.115. The summed E-state index contributed by atoms with van der Waals surface area (Å²) in [5.41, 5.74) is 5.17. The van der Waals surface area contributed by atoms with E-state index < -0.39 is 5.97 Å². The average molecular weight is 398 g/mol. The van der Waals surface area contributed by atoms with Gasteiger partial charge in [0.25, 0.3) is 0 Å². The zero-order valence-electron chi connectivity index (χ0n) is 16.9. The van der Waals surface area contributed by atoms with Crippen LogP contribution in [-0.4, -0.2) is 25.0 Å². The monoisotopic (exact) mass is 398 g/mol. The van der Waals surface area contributed by atoms with Gasteiger partial charge in [-0.05, 0) is 60.5 Å². The van der Waals surface area contributed by atoms with Crippen LogP contribution < -0.4 is 4.74 Å². The minimum Gasteiger partial charge on any atom is -0.478 e. The number of methoxy groups -OCH3 is 1. The van der Waals surface area contributed by atoms with Crippen molar-refractivity contribution >= 4 is 12.0 Å². The van der Waals surface area contributed by atoms with Gasteiger partial charge in [0.05, 0.1) is 5.56 Å². The first kappa shape index (κ1) is 20.9. The summed E-state index contributed by atoms with van der Waals surface area (Å²) in [5, 5.41) is 8.96. The normalized spacial score (nSPS) is 10.5. The Morgan fingerprint density at radius 1 is 1.03 bits per heavy atom. The standard InChI is InChI=1S/C26H22O4/c1-19-10-14-22(15-11-19)25-21(8-5-9-24(25)30-18-29-2)7-4-3-6-20-12-16-23(17-13-20)26(27)28/h4-5,7-17H,18H2,1-2H3,(H,27,28). The van der Waals surface area contributed by atoms with E-state index in [0.717, 1.165) is 28.0 Å². The van der Waals surface area contributed by atoms with E-state index in [2.05, 4.69) is 43.0 Å². The lowest BCUT2D eigenvalue weighted by atomic mass is 9.97. The molecular weight excluding hydrogens is 376 g/mol. The molecule has 0 aromatic heterocycles. The van der Waals surface area contributed by atoms with Crippen molar-refractivity contribution < 1.29 is 19.4 Å². The molecule has 30 heavy (non-hydrogen) atoms. The second kappa shape index (κ2) is 10.1. The maximum atomic E-state index is 10.9.